The summed E-state index contributed by atoms with van der Waals surface area (Å²) in [4.78, 5) is 142. The third-order valence-corrected chi connectivity index (χ3v) is 21.6. The fraction of sp³-hybridized carbons (Fsp3) is 0.855. The number of alkyl carbamates (subject to hydrolysis) is 5. The van der Waals surface area contributed by atoms with E-state index in [0.717, 1.165) is 218 Å². The summed E-state index contributed by atoms with van der Waals surface area (Å²) in [6.07, 6.45) is 45.0. The number of hydrogen-bond donors (Lipinski definition) is 18. The van der Waals surface area contributed by atoms with Crippen molar-refractivity contribution in [2.24, 2.45) is 5.92 Å². The predicted octanol–water partition coefficient (Wildman–Crippen LogP) is 11.4. The van der Waals surface area contributed by atoms with Gasteiger partial charge >= 0.3 is 66.7 Å². The zero-order valence-electron chi connectivity index (χ0n) is 71.5. The zero-order chi connectivity index (χ0) is 84.8. The van der Waals surface area contributed by atoms with Gasteiger partial charge in [0, 0.05) is 102 Å². The average Bonchev–Trinajstić information content (AvgIpc) is 0.972. The summed E-state index contributed by atoms with van der Waals surface area (Å²) < 4.78 is 25.7. The third-order valence-electron chi connectivity index (χ3n) is 21.6. The van der Waals surface area contributed by atoms with Crippen LogP contribution in [0.4, 0.5) is 52.7 Å². The number of hydrogen-bond acceptors (Lipinski definition) is 17. The van der Waals surface area contributed by atoms with Gasteiger partial charge in [0.2, 0.25) is 5.91 Å². The van der Waals surface area contributed by atoms with Gasteiger partial charge in [-0.2, -0.15) is 0 Å². The lowest BCUT2D eigenvalue weighted by molar-refractivity contribution is -0.122. The van der Waals surface area contributed by atoms with E-state index in [2.05, 4.69) is 95.7 Å². The number of carbonyl (C=O) groups is 12. The second-order valence-electron chi connectivity index (χ2n) is 32.1. The van der Waals surface area contributed by atoms with Crippen LogP contribution in [0.25, 0.3) is 0 Å². The van der Waals surface area contributed by atoms with Gasteiger partial charge in [0.05, 0.1) is 32.8 Å². The van der Waals surface area contributed by atoms with E-state index >= 15 is 0 Å². The van der Waals surface area contributed by atoms with Crippen molar-refractivity contribution in [3.05, 3.63) is 0 Å². The Hall–Kier alpha value is -8.56. The molecule has 1 unspecified atom stereocenters. The number of amides is 18. The first-order valence-corrected chi connectivity index (χ1v) is 45.5. The van der Waals surface area contributed by atoms with Gasteiger partial charge in [-0.1, -0.05) is 161 Å². The quantitative estimate of drug-likeness (QED) is 0.0199. The molecular formula is C83H154N18O17. The van der Waals surface area contributed by atoms with E-state index in [1.165, 1.54) is 51.4 Å². The molecular weight excluding hydrogens is 1520 g/mol. The molecule has 0 bridgehead atoms. The highest BCUT2D eigenvalue weighted by Gasteiger charge is 2.23. The van der Waals surface area contributed by atoms with Crippen LogP contribution in [-0.2, 0) is 28.5 Å². The van der Waals surface area contributed by atoms with E-state index in [1.54, 1.807) is 0 Å². The summed E-state index contributed by atoms with van der Waals surface area (Å²) in [6, 6.07) is -0.0578. The van der Waals surface area contributed by atoms with Crippen molar-refractivity contribution in [1.29, 1.82) is 0 Å². The van der Waals surface area contributed by atoms with E-state index in [9.17, 15) is 57.5 Å². The van der Waals surface area contributed by atoms with Crippen LogP contribution in [0.2, 0.25) is 0 Å². The van der Waals surface area contributed by atoms with Crippen LogP contribution >= 0.6 is 0 Å². The lowest BCUT2D eigenvalue weighted by Gasteiger charge is -2.22. The molecule has 6 saturated carbocycles. The first-order valence-electron chi connectivity index (χ1n) is 45.5. The van der Waals surface area contributed by atoms with Gasteiger partial charge < -0.3 is 119 Å². The molecule has 0 spiro atoms. The molecule has 0 heterocycles. The number of ether oxygens (including phenoxy) is 5. The summed E-state index contributed by atoms with van der Waals surface area (Å²) in [7, 11) is 0. The molecule has 6 fully saturated rings. The van der Waals surface area contributed by atoms with Gasteiger partial charge in [-0.15, -0.1) is 0 Å². The van der Waals surface area contributed by atoms with Crippen LogP contribution in [0.15, 0.2) is 0 Å². The Morgan fingerprint density at radius 1 is 0.229 bits per heavy atom. The smallest absolute Gasteiger partial charge is 0.407 e. The molecule has 0 aliphatic heterocycles. The number of carbonyl (C=O) groups excluding carboxylic acids is 12. The minimum absolute atomic E-state index is 0.0704. The Morgan fingerprint density at radius 2 is 0.441 bits per heavy atom. The van der Waals surface area contributed by atoms with E-state index < -0.39 is 18.3 Å². The normalized spacial score (nSPS) is 16.3. The van der Waals surface area contributed by atoms with Crippen LogP contribution in [0.1, 0.15) is 302 Å². The van der Waals surface area contributed by atoms with Crippen molar-refractivity contribution in [2.75, 3.05) is 112 Å². The van der Waals surface area contributed by atoms with Crippen LogP contribution < -0.4 is 95.7 Å². The van der Waals surface area contributed by atoms with Gasteiger partial charge in [-0.25, -0.2) is 52.7 Å². The molecule has 6 aliphatic carbocycles. The molecule has 18 amide bonds. The molecule has 0 aromatic carbocycles. The number of rotatable bonds is 49. The molecule has 18 N–H and O–H groups in total. The molecule has 0 saturated heterocycles. The van der Waals surface area contributed by atoms with Crippen molar-refractivity contribution >= 4 is 72.6 Å². The highest BCUT2D eigenvalue weighted by Crippen LogP contribution is 2.22. The van der Waals surface area contributed by atoms with Gasteiger partial charge in [0.1, 0.15) is 19.8 Å². The Morgan fingerprint density at radius 3 is 0.720 bits per heavy atom. The summed E-state index contributed by atoms with van der Waals surface area (Å²) in [5.41, 5.74) is 0. The SMILES string of the molecule is CC(CCCNC(=O)NCCCC(=O)NC1CCCCC1)CNC(=O)NCCOC(=O)NC1CCCCC1.O=C(NCCCCCCCCNC(=O)NCCOC(=O)NC1CCCCC1)NCCOC(=O)NC1CCCCC1.O=C(NCCCCCCNC(=O)NCCCOC(=O)NC1CCCCC1)NCCCOC(=O)NC1CCCCC1. The molecule has 678 valence electrons. The number of unbranched alkanes of at least 4 members (excludes halogenated alkanes) is 8. The summed E-state index contributed by atoms with van der Waals surface area (Å²) in [6.45, 7) is 8.61. The highest BCUT2D eigenvalue weighted by atomic mass is 16.6. The van der Waals surface area contributed by atoms with E-state index in [0.29, 0.717) is 90.6 Å². The highest BCUT2D eigenvalue weighted by molar-refractivity contribution is 5.77. The lowest BCUT2D eigenvalue weighted by Crippen LogP contribution is -2.41. The molecule has 0 radical (unpaired) electrons. The van der Waals surface area contributed by atoms with Crippen LogP contribution in [-0.4, -0.2) is 220 Å². The second kappa shape index (κ2) is 69.3. The maximum absolute atomic E-state index is 12.0. The fourth-order valence-corrected chi connectivity index (χ4v) is 14.8. The van der Waals surface area contributed by atoms with E-state index in [-0.39, 0.29) is 143 Å². The van der Waals surface area contributed by atoms with Crippen LogP contribution in [0.3, 0.4) is 0 Å². The minimum atomic E-state index is -0.424. The Bertz CT molecular complexity index is 2610. The van der Waals surface area contributed by atoms with Crippen LogP contribution in [0.5, 0.6) is 0 Å². The van der Waals surface area contributed by atoms with Gasteiger partial charge in [-0.05, 0) is 141 Å². The Labute approximate surface area is 702 Å². The van der Waals surface area contributed by atoms with Crippen molar-refractivity contribution in [1.82, 2.24) is 95.7 Å². The summed E-state index contributed by atoms with van der Waals surface area (Å²) in [5.74, 6) is 0.326. The molecule has 6 aliphatic rings. The molecule has 0 aromatic heterocycles. The van der Waals surface area contributed by atoms with Gasteiger partial charge in [-0.3, -0.25) is 4.79 Å². The molecule has 35 heteroatoms. The van der Waals surface area contributed by atoms with Crippen molar-refractivity contribution in [2.45, 2.75) is 339 Å². The summed E-state index contributed by atoms with van der Waals surface area (Å²) in [5, 5.41) is 50.8. The summed E-state index contributed by atoms with van der Waals surface area (Å²) >= 11 is 0. The molecule has 0 aromatic rings. The van der Waals surface area contributed by atoms with Gasteiger partial charge in [0.15, 0.2) is 0 Å². The lowest BCUT2D eigenvalue weighted by atomic mass is 9.95. The fourth-order valence-electron chi connectivity index (χ4n) is 14.8. The monoisotopic (exact) mass is 1680 g/mol. The zero-order valence-corrected chi connectivity index (χ0v) is 71.5. The standard InChI is InChI=1S/2C28H52N6O6.C27H50N6O5/c35-25(31-19-11-21-39-27(37)33-23-13-5-3-6-14-23)29-17-9-1-2-10-18-30-26(36)32-20-12-22-40-28(38)34-24-15-7-4-8-16-24;35-25(31-19-21-39-27(37)33-23-13-7-5-8-14-23)29-17-11-3-1-2-4-12-18-30-26(36)32-20-22-40-28(38)34-24-15-9-6-10-16-24;1-21(20-31-26(36)30-18-19-38-27(37)33-23-13-6-3-7-14-23)10-8-16-28-25(35)29-17-9-15-24(34)32-22-11-4-2-5-12-22/h2*23-24H,1-22H2,(H,33,37)(H,34,38)(H2,29,31,35)(H2,30,32,36);21-23H,2-20H2,1H3,(H,32,34)(H,33,37)(H2,28,29,35)(H2,30,31,36). The largest absolute Gasteiger partial charge is 0.449 e. The number of nitrogens with one attached hydrogen (secondary N) is 18. The van der Waals surface area contributed by atoms with Gasteiger partial charge in [0.25, 0.3) is 0 Å². The van der Waals surface area contributed by atoms with Crippen molar-refractivity contribution in [3.63, 3.8) is 0 Å². The topological polar surface area (TPSA) is 468 Å². The molecule has 1 atom stereocenters. The average molecular weight is 1680 g/mol. The Balaban J connectivity index is 0.000000372. The first-order chi connectivity index (χ1) is 57.5. The first kappa shape index (κ1) is 102. The molecule has 118 heavy (non-hydrogen) atoms. The third kappa shape index (κ3) is 59.2. The Kier molecular flexibility index (Phi) is 59.7. The van der Waals surface area contributed by atoms with E-state index in [1.807, 2.05) is 6.92 Å². The number of urea groups is 6. The molecule has 6 rings (SSSR count). The van der Waals surface area contributed by atoms with E-state index in [4.69, 9.17) is 23.7 Å². The maximum Gasteiger partial charge on any atom is 0.407 e. The van der Waals surface area contributed by atoms with Crippen molar-refractivity contribution in [3.8, 4) is 0 Å². The van der Waals surface area contributed by atoms with Crippen molar-refractivity contribution < 1.29 is 81.2 Å². The predicted molar refractivity (Wildman–Crippen MR) is 453 cm³/mol. The maximum atomic E-state index is 12.0. The minimum Gasteiger partial charge on any atom is -0.449 e. The molecule has 35 nitrogen and oxygen atoms in total. The second-order valence-corrected chi connectivity index (χ2v) is 32.1. The van der Waals surface area contributed by atoms with Crippen LogP contribution in [0, 0.1) is 5.92 Å².